The fourth-order valence-electron chi connectivity index (χ4n) is 2.30. The molecule has 17 heavy (non-hydrogen) atoms. The third-order valence-corrected chi connectivity index (χ3v) is 4.21. The second kappa shape index (κ2) is 4.66. The molecule has 92 valence electrons. The summed E-state index contributed by atoms with van der Waals surface area (Å²) < 4.78 is 11.7. The number of aromatic nitrogens is 1. The zero-order valence-corrected chi connectivity index (χ0v) is 10.8. The Labute approximate surface area is 104 Å². The van der Waals surface area contributed by atoms with Gasteiger partial charge in [-0.05, 0) is 19.3 Å². The molecule has 1 aliphatic heterocycles. The van der Waals surface area contributed by atoms with Crippen LogP contribution in [0.1, 0.15) is 24.1 Å². The Morgan fingerprint density at radius 2 is 2.24 bits per heavy atom. The standard InChI is InChI=1S/C12H16N2O2S/c1-15-8-9-7-10-11(17-9)12(13-16-10)14-5-3-2-4-6-14/h7H,2-6,8H2,1H3. The van der Waals surface area contributed by atoms with Crippen LogP contribution in [0.2, 0.25) is 0 Å². The first kappa shape index (κ1) is 11.0. The molecular weight excluding hydrogens is 236 g/mol. The van der Waals surface area contributed by atoms with Gasteiger partial charge in [-0.15, -0.1) is 11.3 Å². The van der Waals surface area contributed by atoms with Gasteiger partial charge in [0.2, 0.25) is 0 Å². The van der Waals surface area contributed by atoms with Crippen LogP contribution in [0.5, 0.6) is 0 Å². The van der Waals surface area contributed by atoms with E-state index in [4.69, 9.17) is 9.26 Å². The molecule has 5 heteroatoms. The molecule has 3 rings (SSSR count). The lowest BCUT2D eigenvalue weighted by Gasteiger charge is -2.25. The number of piperidine rings is 1. The van der Waals surface area contributed by atoms with Crippen molar-refractivity contribution in [1.29, 1.82) is 0 Å². The van der Waals surface area contributed by atoms with Crippen molar-refractivity contribution in [2.45, 2.75) is 25.9 Å². The van der Waals surface area contributed by atoms with E-state index >= 15 is 0 Å². The van der Waals surface area contributed by atoms with Crippen molar-refractivity contribution in [3.05, 3.63) is 10.9 Å². The Morgan fingerprint density at radius 1 is 1.41 bits per heavy atom. The van der Waals surface area contributed by atoms with Gasteiger partial charge in [-0.25, -0.2) is 0 Å². The highest BCUT2D eigenvalue weighted by Gasteiger charge is 2.19. The van der Waals surface area contributed by atoms with Crippen LogP contribution in [-0.2, 0) is 11.3 Å². The number of nitrogens with zero attached hydrogens (tertiary/aromatic N) is 2. The smallest absolute Gasteiger partial charge is 0.190 e. The van der Waals surface area contributed by atoms with Crippen LogP contribution in [-0.4, -0.2) is 25.4 Å². The number of hydrogen-bond acceptors (Lipinski definition) is 5. The Bertz CT molecular complexity index is 500. The van der Waals surface area contributed by atoms with Crippen molar-refractivity contribution in [2.24, 2.45) is 0 Å². The third-order valence-electron chi connectivity index (χ3n) is 3.12. The molecule has 0 saturated carbocycles. The summed E-state index contributed by atoms with van der Waals surface area (Å²) in [5, 5.41) is 4.20. The van der Waals surface area contributed by atoms with Crippen molar-refractivity contribution in [2.75, 3.05) is 25.1 Å². The molecule has 0 atom stereocenters. The van der Waals surface area contributed by atoms with Crippen LogP contribution in [0.25, 0.3) is 10.3 Å². The quantitative estimate of drug-likeness (QED) is 0.841. The SMILES string of the molecule is COCc1cc2onc(N3CCCCC3)c2s1. The maximum atomic E-state index is 5.39. The third kappa shape index (κ3) is 2.05. The molecule has 0 aliphatic carbocycles. The number of thiophene rings is 1. The highest BCUT2D eigenvalue weighted by Crippen LogP contribution is 2.35. The normalized spacial score (nSPS) is 16.9. The largest absolute Gasteiger partial charge is 0.379 e. The number of rotatable bonds is 3. The van der Waals surface area contributed by atoms with Crippen molar-refractivity contribution >= 4 is 27.4 Å². The lowest BCUT2D eigenvalue weighted by atomic mass is 10.1. The van der Waals surface area contributed by atoms with Gasteiger partial charge in [0.25, 0.3) is 0 Å². The maximum absolute atomic E-state index is 5.39. The molecule has 0 aromatic carbocycles. The van der Waals surface area contributed by atoms with Crippen molar-refractivity contribution in [3.63, 3.8) is 0 Å². The summed E-state index contributed by atoms with van der Waals surface area (Å²) in [7, 11) is 1.71. The average Bonchev–Trinajstić information content (AvgIpc) is 2.90. The second-order valence-electron chi connectivity index (χ2n) is 4.39. The number of anilines is 1. The Hall–Kier alpha value is -1.07. The Kier molecular flexibility index (Phi) is 3.03. The minimum atomic E-state index is 0.647. The van der Waals surface area contributed by atoms with Crippen LogP contribution < -0.4 is 4.90 Å². The lowest BCUT2D eigenvalue weighted by molar-refractivity contribution is 0.187. The van der Waals surface area contributed by atoms with E-state index in [9.17, 15) is 0 Å². The van der Waals surface area contributed by atoms with Crippen LogP contribution >= 0.6 is 11.3 Å². The maximum Gasteiger partial charge on any atom is 0.190 e. The van der Waals surface area contributed by atoms with Gasteiger partial charge in [-0.3, -0.25) is 0 Å². The van der Waals surface area contributed by atoms with Gasteiger partial charge >= 0.3 is 0 Å². The van der Waals surface area contributed by atoms with Gasteiger partial charge in [-0.2, -0.15) is 0 Å². The molecule has 0 spiro atoms. The Morgan fingerprint density at radius 3 is 3.00 bits per heavy atom. The highest BCUT2D eigenvalue weighted by molar-refractivity contribution is 7.19. The van der Waals surface area contributed by atoms with Gasteiger partial charge in [0.05, 0.1) is 6.61 Å². The molecule has 2 aromatic rings. The minimum absolute atomic E-state index is 0.647. The van der Waals surface area contributed by atoms with E-state index in [2.05, 4.69) is 10.1 Å². The molecule has 0 radical (unpaired) electrons. The second-order valence-corrected chi connectivity index (χ2v) is 5.53. The summed E-state index contributed by atoms with van der Waals surface area (Å²) in [6.07, 6.45) is 3.84. The van der Waals surface area contributed by atoms with E-state index in [1.807, 2.05) is 6.07 Å². The van der Waals surface area contributed by atoms with E-state index in [0.717, 1.165) is 24.5 Å². The molecule has 4 nitrogen and oxygen atoms in total. The summed E-state index contributed by atoms with van der Waals surface area (Å²) in [5.74, 6) is 1.02. The van der Waals surface area contributed by atoms with E-state index in [1.54, 1.807) is 18.4 Å². The summed E-state index contributed by atoms with van der Waals surface area (Å²) >= 11 is 1.73. The molecule has 1 aliphatic rings. The summed E-state index contributed by atoms with van der Waals surface area (Å²) in [4.78, 5) is 3.53. The average molecular weight is 252 g/mol. The highest BCUT2D eigenvalue weighted by atomic mass is 32.1. The van der Waals surface area contributed by atoms with E-state index in [1.165, 1.54) is 28.8 Å². The molecule has 0 amide bonds. The molecule has 0 N–H and O–H groups in total. The fourth-order valence-corrected chi connectivity index (χ4v) is 3.36. The van der Waals surface area contributed by atoms with E-state index in [0.29, 0.717) is 6.61 Å². The lowest BCUT2D eigenvalue weighted by Crippen LogP contribution is -2.29. The zero-order valence-electron chi connectivity index (χ0n) is 9.94. The molecule has 1 fully saturated rings. The number of ether oxygens (including phenoxy) is 1. The first-order valence-electron chi connectivity index (χ1n) is 6.00. The first-order valence-corrected chi connectivity index (χ1v) is 6.82. The number of methoxy groups -OCH3 is 1. The molecule has 1 saturated heterocycles. The minimum Gasteiger partial charge on any atom is -0.379 e. The van der Waals surface area contributed by atoms with Gasteiger partial charge in [0.1, 0.15) is 4.70 Å². The van der Waals surface area contributed by atoms with Gasteiger partial charge in [0, 0.05) is 31.1 Å². The van der Waals surface area contributed by atoms with Gasteiger partial charge in [0.15, 0.2) is 11.4 Å². The predicted octanol–water partition coefficient (Wildman–Crippen LogP) is 3.03. The first-order chi connectivity index (χ1) is 8.38. The van der Waals surface area contributed by atoms with Gasteiger partial charge < -0.3 is 14.2 Å². The van der Waals surface area contributed by atoms with Gasteiger partial charge in [-0.1, -0.05) is 5.16 Å². The monoisotopic (exact) mass is 252 g/mol. The van der Waals surface area contributed by atoms with Crippen molar-refractivity contribution < 1.29 is 9.26 Å². The molecule has 2 aromatic heterocycles. The van der Waals surface area contributed by atoms with Crippen LogP contribution in [0, 0.1) is 0 Å². The topological polar surface area (TPSA) is 38.5 Å². The van der Waals surface area contributed by atoms with Crippen LogP contribution in [0.4, 0.5) is 5.82 Å². The predicted molar refractivity (Wildman–Crippen MR) is 68.7 cm³/mol. The number of fused-ring (bicyclic) bond motifs is 1. The van der Waals surface area contributed by atoms with E-state index < -0.39 is 0 Å². The molecule has 0 unspecified atom stereocenters. The summed E-state index contributed by atoms with van der Waals surface area (Å²) in [5.41, 5.74) is 0.891. The summed E-state index contributed by atoms with van der Waals surface area (Å²) in [6, 6.07) is 2.03. The Balaban J connectivity index is 1.92. The summed E-state index contributed by atoms with van der Waals surface area (Å²) in [6.45, 7) is 2.84. The van der Waals surface area contributed by atoms with Crippen LogP contribution in [0.3, 0.4) is 0 Å². The van der Waals surface area contributed by atoms with Crippen molar-refractivity contribution in [3.8, 4) is 0 Å². The number of hydrogen-bond donors (Lipinski definition) is 0. The van der Waals surface area contributed by atoms with Crippen LogP contribution in [0.15, 0.2) is 10.6 Å². The zero-order chi connectivity index (χ0) is 11.7. The molecule has 0 bridgehead atoms. The molecular formula is C12H16N2O2S. The molecule has 3 heterocycles. The fraction of sp³-hybridized carbons (Fsp3) is 0.583. The van der Waals surface area contributed by atoms with Crippen molar-refractivity contribution in [1.82, 2.24) is 5.16 Å². The van der Waals surface area contributed by atoms with E-state index in [-0.39, 0.29) is 0 Å².